The monoisotopic (exact) mass is 302 g/mol. The van der Waals surface area contributed by atoms with Gasteiger partial charge in [0, 0.05) is 18.3 Å². The highest BCUT2D eigenvalue weighted by molar-refractivity contribution is 7.98. The second kappa shape index (κ2) is 7.81. The lowest BCUT2D eigenvalue weighted by Crippen LogP contribution is -2.25. The second-order valence-corrected chi connectivity index (χ2v) is 5.38. The average molecular weight is 302 g/mol. The summed E-state index contributed by atoms with van der Waals surface area (Å²) in [6.07, 6.45) is 3.46. The van der Waals surface area contributed by atoms with Gasteiger partial charge in [-0.2, -0.15) is 0 Å². The van der Waals surface area contributed by atoms with Crippen LogP contribution in [-0.4, -0.2) is 28.8 Å². The van der Waals surface area contributed by atoms with Gasteiger partial charge in [-0.15, -0.1) is 11.8 Å². The van der Waals surface area contributed by atoms with E-state index in [1.807, 2.05) is 36.6 Å². The third-order valence-electron chi connectivity index (χ3n) is 3.09. The van der Waals surface area contributed by atoms with Crippen molar-refractivity contribution in [1.82, 2.24) is 10.3 Å². The molecule has 1 amide bonds. The molecule has 0 spiro atoms. The van der Waals surface area contributed by atoms with Crippen molar-refractivity contribution in [2.45, 2.75) is 17.6 Å². The maximum Gasteiger partial charge on any atom is 0.251 e. The van der Waals surface area contributed by atoms with Crippen LogP contribution in [-0.2, 0) is 0 Å². The fraction of sp³-hybridized carbons (Fsp3) is 0.250. The van der Waals surface area contributed by atoms with Gasteiger partial charge in [0.2, 0.25) is 0 Å². The number of benzene rings is 1. The molecule has 5 heteroatoms. The number of aromatic nitrogens is 1. The minimum absolute atomic E-state index is 0.145. The Labute approximate surface area is 128 Å². The molecule has 1 aromatic heterocycles. The van der Waals surface area contributed by atoms with Crippen LogP contribution in [0.15, 0.2) is 53.7 Å². The molecule has 21 heavy (non-hydrogen) atoms. The Hall–Kier alpha value is -1.85. The van der Waals surface area contributed by atoms with Crippen LogP contribution < -0.4 is 5.32 Å². The summed E-state index contributed by atoms with van der Waals surface area (Å²) in [7, 11) is 0. The summed E-state index contributed by atoms with van der Waals surface area (Å²) in [4.78, 5) is 16.1. The molecule has 1 unspecified atom stereocenters. The summed E-state index contributed by atoms with van der Waals surface area (Å²) in [6.45, 7) is 0.422. The Bertz CT molecular complexity index is 590. The number of amides is 1. The summed E-state index contributed by atoms with van der Waals surface area (Å²) in [5.74, 6) is -0.145. The first-order valence-electron chi connectivity index (χ1n) is 6.72. The first-order valence-corrected chi connectivity index (χ1v) is 7.94. The zero-order chi connectivity index (χ0) is 15.1. The van der Waals surface area contributed by atoms with Gasteiger partial charge < -0.3 is 10.4 Å². The zero-order valence-electron chi connectivity index (χ0n) is 11.8. The van der Waals surface area contributed by atoms with E-state index in [-0.39, 0.29) is 5.91 Å². The number of nitrogens with one attached hydrogen (secondary N) is 1. The van der Waals surface area contributed by atoms with Gasteiger partial charge in [0.1, 0.15) is 0 Å². The molecule has 0 saturated heterocycles. The smallest absolute Gasteiger partial charge is 0.251 e. The fourth-order valence-corrected chi connectivity index (χ4v) is 2.34. The van der Waals surface area contributed by atoms with Crippen molar-refractivity contribution in [3.05, 3.63) is 59.8 Å². The van der Waals surface area contributed by atoms with Crippen molar-refractivity contribution < 1.29 is 9.90 Å². The van der Waals surface area contributed by atoms with E-state index in [2.05, 4.69) is 10.3 Å². The van der Waals surface area contributed by atoms with Crippen LogP contribution in [0.4, 0.5) is 0 Å². The quantitative estimate of drug-likeness (QED) is 0.805. The molecule has 2 aromatic rings. The topological polar surface area (TPSA) is 62.2 Å². The summed E-state index contributed by atoms with van der Waals surface area (Å²) in [5, 5.41) is 13.6. The summed E-state index contributed by atoms with van der Waals surface area (Å²) >= 11 is 1.50. The molecule has 2 N–H and O–H groups in total. The molecule has 0 aliphatic carbocycles. The largest absolute Gasteiger partial charge is 0.388 e. The second-order valence-electron chi connectivity index (χ2n) is 4.56. The number of carbonyl (C=O) groups is 1. The molecule has 1 atom stereocenters. The highest BCUT2D eigenvalue weighted by Gasteiger charge is 2.09. The maximum absolute atomic E-state index is 12.0. The third-order valence-corrected chi connectivity index (χ3v) is 3.74. The lowest BCUT2D eigenvalue weighted by molar-refractivity contribution is 0.0942. The van der Waals surface area contributed by atoms with Crippen molar-refractivity contribution in [2.24, 2.45) is 0 Å². The van der Waals surface area contributed by atoms with E-state index in [9.17, 15) is 9.90 Å². The minimum atomic E-state index is -0.564. The molecule has 110 valence electrons. The Balaban J connectivity index is 1.84. The molecule has 2 rings (SSSR count). The van der Waals surface area contributed by atoms with Gasteiger partial charge in [0.15, 0.2) is 0 Å². The van der Waals surface area contributed by atoms with E-state index in [4.69, 9.17) is 0 Å². The van der Waals surface area contributed by atoms with Crippen LogP contribution in [0.25, 0.3) is 0 Å². The molecule has 0 saturated carbocycles. The Kier molecular flexibility index (Phi) is 5.78. The Morgan fingerprint density at radius 2 is 2.10 bits per heavy atom. The fourth-order valence-electron chi connectivity index (χ4n) is 1.93. The first-order chi connectivity index (χ1) is 10.2. The van der Waals surface area contributed by atoms with Gasteiger partial charge >= 0.3 is 0 Å². The van der Waals surface area contributed by atoms with Gasteiger partial charge in [-0.05, 0) is 30.4 Å². The van der Waals surface area contributed by atoms with E-state index in [0.29, 0.717) is 18.5 Å². The number of hydrogen-bond acceptors (Lipinski definition) is 4. The lowest BCUT2D eigenvalue weighted by atomic mass is 10.1. The molecule has 1 heterocycles. The molecule has 0 bridgehead atoms. The van der Waals surface area contributed by atoms with E-state index >= 15 is 0 Å². The molecule has 0 fully saturated rings. The molecule has 0 aliphatic rings. The highest BCUT2D eigenvalue weighted by atomic mass is 32.2. The lowest BCUT2D eigenvalue weighted by Gasteiger charge is -2.11. The van der Waals surface area contributed by atoms with Crippen LogP contribution in [0.1, 0.15) is 28.4 Å². The number of pyridine rings is 1. The van der Waals surface area contributed by atoms with E-state index in [0.717, 1.165) is 10.6 Å². The third kappa shape index (κ3) is 4.58. The van der Waals surface area contributed by atoms with Crippen LogP contribution in [0, 0.1) is 0 Å². The standard InChI is InChI=1S/C16H18N2O2S/c1-21-15-11-13(7-9-17-15)16(20)18-10-8-14(19)12-5-3-2-4-6-12/h2-7,9,11,14,19H,8,10H2,1H3,(H,18,20). The van der Waals surface area contributed by atoms with E-state index < -0.39 is 6.10 Å². The average Bonchev–Trinajstić information content (AvgIpc) is 2.55. The summed E-state index contributed by atoms with van der Waals surface area (Å²) < 4.78 is 0. The number of carbonyl (C=O) groups excluding carboxylic acids is 1. The van der Waals surface area contributed by atoms with Crippen LogP contribution in [0.2, 0.25) is 0 Å². The molecule has 0 radical (unpaired) electrons. The number of rotatable bonds is 6. The van der Waals surface area contributed by atoms with Crippen LogP contribution >= 0.6 is 11.8 Å². The minimum Gasteiger partial charge on any atom is -0.388 e. The van der Waals surface area contributed by atoms with Gasteiger partial charge in [-0.1, -0.05) is 30.3 Å². The van der Waals surface area contributed by atoms with Crippen molar-refractivity contribution in [3.63, 3.8) is 0 Å². The predicted molar refractivity (Wildman–Crippen MR) is 84.4 cm³/mol. The van der Waals surface area contributed by atoms with Gasteiger partial charge in [-0.3, -0.25) is 4.79 Å². The van der Waals surface area contributed by atoms with Gasteiger partial charge in [0.05, 0.1) is 11.1 Å². The van der Waals surface area contributed by atoms with Crippen molar-refractivity contribution in [3.8, 4) is 0 Å². The van der Waals surface area contributed by atoms with E-state index in [1.54, 1.807) is 18.3 Å². The van der Waals surface area contributed by atoms with Crippen molar-refractivity contribution in [2.75, 3.05) is 12.8 Å². The number of aliphatic hydroxyl groups excluding tert-OH is 1. The zero-order valence-corrected chi connectivity index (χ0v) is 12.6. The SMILES string of the molecule is CSc1cc(C(=O)NCCC(O)c2ccccc2)ccn1. The van der Waals surface area contributed by atoms with Crippen LogP contribution in [0.3, 0.4) is 0 Å². The maximum atomic E-state index is 12.0. The molecule has 4 nitrogen and oxygen atoms in total. The Morgan fingerprint density at radius 3 is 2.81 bits per heavy atom. The number of hydrogen-bond donors (Lipinski definition) is 2. The van der Waals surface area contributed by atoms with E-state index in [1.165, 1.54) is 11.8 Å². The number of thioether (sulfide) groups is 1. The molecular formula is C16H18N2O2S. The molecule has 0 aliphatic heterocycles. The number of nitrogens with zero attached hydrogens (tertiary/aromatic N) is 1. The normalized spacial score (nSPS) is 11.9. The van der Waals surface area contributed by atoms with Crippen molar-refractivity contribution in [1.29, 1.82) is 0 Å². The van der Waals surface area contributed by atoms with Crippen molar-refractivity contribution >= 4 is 17.7 Å². The highest BCUT2D eigenvalue weighted by Crippen LogP contribution is 2.15. The predicted octanol–water partition coefficient (Wildman–Crippen LogP) is 2.66. The number of aliphatic hydroxyl groups is 1. The molecule has 1 aromatic carbocycles. The Morgan fingerprint density at radius 1 is 1.33 bits per heavy atom. The molecular weight excluding hydrogens is 284 g/mol. The first kappa shape index (κ1) is 15.5. The van der Waals surface area contributed by atoms with Gasteiger partial charge in [0.25, 0.3) is 5.91 Å². The van der Waals surface area contributed by atoms with Gasteiger partial charge in [-0.25, -0.2) is 4.98 Å². The summed E-state index contributed by atoms with van der Waals surface area (Å²) in [5.41, 5.74) is 1.45. The van der Waals surface area contributed by atoms with Crippen LogP contribution in [0.5, 0.6) is 0 Å². The summed E-state index contributed by atoms with van der Waals surface area (Å²) in [6, 6.07) is 12.9.